The maximum absolute atomic E-state index is 5.22. The highest BCUT2D eigenvalue weighted by Gasteiger charge is 2.12. The van der Waals surface area contributed by atoms with Gasteiger partial charge in [0.15, 0.2) is 0 Å². The van der Waals surface area contributed by atoms with E-state index in [1.54, 1.807) is 7.11 Å². The molecule has 3 heteroatoms. The van der Waals surface area contributed by atoms with Crippen molar-refractivity contribution in [2.45, 2.75) is 52.6 Å². The molecule has 0 aromatic heterocycles. The predicted octanol–water partition coefficient (Wildman–Crippen LogP) is 4.00. The lowest BCUT2D eigenvalue weighted by atomic mass is 10.0. The van der Waals surface area contributed by atoms with E-state index in [1.165, 1.54) is 17.7 Å². The smallest absolute Gasteiger partial charge is 0.0637 e. The third-order valence-corrected chi connectivity index (χ3v) is 3.84. The molecule has 0 radical (unpaired) electrons. The molecule has 0 spiro atoms. The Labute approximate surface area is 130 Å². The van der Waals surface area contributed by atoms with Gasteiger partial charge >= 0.3 is 0 Å². The van der Waals surface area contributed by atoms with Gasteiger partial charge < -0.3 is 15.0 Å². The number of nitrogens with zero attached hydrogens (tertiary/aromatic N) is 1. The molecule has 0 aliphatic heterocycles. The molecule has 21 heavy (non-hydrogen) atoms. The predicted molar refractivity (Wildman–Crippen MR) is 92.1 cm³/mol. The van der Waals surface area contributed by atoms with Crippen molar-refractivity contribution >= 4 is 5.69 Å². The molecular formula is C18H32N2O. The lowest BCUT2D eigenvalue weighted by Crippen LogP contribution is -2.33. The molecule has 0 saturated carbocycles. The second kappa shape index (κ2) is 9.80. The molecule has 1 atom stereocenters. The average Bonchev–Trinajstić information content (AvgIpc) is 2.49. The van der Waals surface area contributed by atoms with Crippen LogP contribution in [0.3, 0.4) is 0 Å². The van der Waals surface area contributed by atoms with Gasteiger partial charge in [0.25, 0.3) is 0 Å². The topological polar surface area (TPSA) is 24.5 Å². The third kappa shape index (κ3) is 5.68. The second-order valence-corrected chi connectivity index (χ2v) is 5.79. The fourth-order valence-electron chi connectivity index (χ4n) is 2.59. The minimum Gasteiger partial charge on any atom is -0.383 e. The largest absolute Gasteiger partial charge is 0.383 e. The molecule has 0 aliphatic carbocycles. The summed E-state index contributed by atoms with van der Waals surface area (Å²) in [7, 11) is 1.76. The molecular weight excluding hydrogens is 260 g/mol. The minimum absolute atomic E-state index is 0.463. The Hall–Kier alpha value is -1.06. The zero-order valence-corrected chi connectivity index (χ0v) is 14.4. The molecule has 0 amide bonds. The Morgan fingerprint density at radius 1 is 1.14 bits per heavy atom. The van der Waals surface area contributed by atoms with Crippen LogP contribution >= 0.6 is 0 Å². The first kappa shape index (κ1) is 18.0. The van der Waals surface area contributed by atoms with Gasteiger partial charge in [0.1, 0.15) is 0 Å². The van der Waals surface area contributed by atoms with Crippen molar-refractivity contribution in [3.63, 3.8) is 0 Å². The summed E-state index contributed by atoms with van der Waals surface area (Å²) in [5, 5.41) is 3.61. The third-order valence-electron chi connectivity index (χ3n) is 3.84. The molecule has 1 rings (SSSR count). The van der Waals surface area contributed by atoms with Crippen LogP contribution in [0.2, 0.25) is 0 Å². The Bertz CT molecular complexity index is 375. The van der Waals surface area contributed by atoms with E-state index in [9.17, 15) is 0 Å². The van der Waals surface area contributed by atoms with Gasteiger partial charge in [-0.1, -0.05) is 26.0 Å². The fraction of sp³-hybridized carbons (Fsp3) is 0.667. The lowest BCUT2D eigenvalue weighted by Gasteiger charge is -2.29. The van der Waals surface area contributed by atoms with Gasteiger partial charge in [0, 0.05) is 31.4 Å². The quantitative estimate of drug-likeness (QED) is 0.705. The van der Waals surface area contributed by atoms with Gasteiger partial charge in [-0.2, -0.15) is 0 Å². The molecule has 1 unspecified atom stereocenters. The summed E-state index contributed by atoms with van der Waals surface area (Å²) >= 11 is 0. The highest BCUT2D eigenvalue weighted by molar-refractivity contribution is 5.48. The summed E-state index contributed by atoms with van der Waals surface area (Å²) < 4.78 is 5.22. The first-order chi connectivity index (χ1) is 10.1. The van der Waals surface area contributed by atoms with E-state index in [4.69, 9.17) is 4.74 Å². The number of hydrogen-bond donors (Lipinski definition) is 1. The number of nitrogens with one attached hydrogen (secondary N) is 1. The van der Waals surface area contributed by atoms with E-state index < -0.39 is 0 Å². The van der Waals surface area contributed by atoms with E-state index in [0.717, 1.165) is 26.1 Å². The Kier molecular flexibility index (Phi) is 8.40. The number of hydrogen-bond acceptors (Lipinski definition) is 3. The number of ether oxygens (including phenoxy) is 1. The lowest BCUT2D eigenvalue weighted by molar-refractivity contribution is 0.204. The van der Waals surface area contributed by atoms with Crippen LogP contribution in [-0.2, 0) is 4.74 Å². The number of rotatable bonds is 10. The normalized spacial score (nSPS) is 12.7. The molecule has 1 aromatic rings. The molecule has 0 aliphatic rings. The van der Waals surface area contributed by atoms with Crippen molar-refractivity contribution in [3.05, 3.63) is 29.8 Å². The van der Waals surface area contributed by atoms with Gasteiger partial charge in [-0.15, -0.1) is 0 Å². The zero-order chi connectivity index (χ0) is 15.7. The van der Waals surface area contributed by atoms with Crippen molar-refractivity contribution in [1.82, 2.24) is 5.32 Å². The summed E-state index contributed by atoms with van der Waals surface area (Å²) in [6, 6.07) is 9.93. The maximum Gasteiger partial charge on any atom is 0.0637 e. The van der Waals surface area contributed by atoms with Crippen LogP contribution in [-0.4, -0.2) is 32.8 Å². The van der Waals surface area contributed by atoms with Crippen LogP contribution in [0.1, 0.15) is 52.1 Å². The monoisotopic (exact) mass is 292 g/mol. The summed E-state index contributed by atoms with van der Waals surface area (Å²) in [6.07, 6.45) is 2.30. The molecule has 120 valence electrons. The number of anilines is 1. The maximum atomic E-state index is 5.22. The van der Waals surface area contributed by atoms with E-state index in [-0.39, 0.29) is 0 Å². The summed E-state index contributed by atoms with van der Waals surface area (Å²) in [4.78, 5) is 2.38. The van der Waals surface area contributed by atoms with E-state index in [2.05, 4.69) is 62.2 Å². The molecule has 1 aromatic carbocycles. The Balaban J connectivity index is 2.78. The van der Waals surface area contributed by atoms with Crippen LogP contribution in [0.4, 0.5) is 5.69 Å². The molecule has 0 saturated heterocycles. The highest BCUT2D eigenvalue weighted by atomic mass is 16.5. The molecule has 1 N–H and O–H groups in total. The van der Waals surface area contributed by atoms with E-state index >= 15 is 0 Å². The molecule has 0 heterocycles. The van der Waals surface area contributed by atoms with Crippen LogP contribution in [0, 0.1) is 0 Å². The van der Waals surface area contributed by atoms with Crippen LogP contribution in [0.25, 0.3) is 0 Å². The first-order valence-corrected chi connectivity index (χ1v) is 8.22. The molecule has 3 nitrogen and oxygen atoms in total. The van der Waals surface area contributed by atoms with Crippen molar-refractivity contribution < 1.29 is 4.74 Å². The fourth-order valence-corrected chi connectivity index (χ4v) is 2.59. The van der Waals surface area contributed by atoms with Gasteiger partial charge in [0.2, 0.25) is 0 Å². The van der Waals surface area contributed by atoms with Crippen LogP contribution in [0.15, 0.2) is 24.3 Å². The summed E-state index contributed by atoms with van der Waals surface area (Å²) in [5.74, 6) is 0. The van der Waals surface area contributed by atoms with E-state index in [1.807, 2.05) is 0 Å². The zero-order valence-electron chi connectivity index (χ0n) is 14.4. The van der Waals surface area contributed by atoms with Gasteiger partial charge in [0.05, 0.1) is 6.61 Å². The van der Waals surface area contributed by atoms with E-state index in [0.29, 0.717) is 12.1 Å². The van der Waals surface area contributed by atoms with Crippen molar-refractivity contribution in [3.8, 4) is 0 Å². The van der Waals surface area contributed by atoms with Crippen molar-refractivity contribution in [2.75, 3.05) is 31.7 Å². The van der Waals surface area contributed by atoms with Crippen LogP contribution < -0.4 is 10.2 Å². The number of benzene rings is 1. The van der Waals surface area contributed by atoms with Gasteiger partial charge in [-0.05, 0) is 50.9 Å². The van der Waals surface area contributed by atoms with Crippen molar-refractivity contribution in [2.24, 2.45) is 0 Å². The average molecular weight is 292 g/mol. The van der Waals surface area contributed by atoms with Crippen molar-refractivity contribution in [1.29, 1.82) is 0 Å². The van der Waals surface area contributed by atoms with Gasteiger partial charge in [-0.3, -0.25) is 0 Å². The number of methoxy groups -OCH3 is 1. The minimum atomic E-state index is 0.463. The molecule has 0 fully saturated rings. The van der Waals surface area contributed by atoms with Crippen LogP contribution in [0.5, 0.6) is 0 Å². The SMILES string of the molecule is CCCNC(CC)c1ccc(N(CCOC)C(C)C)cc1. The van der Waals surface area contributed by atoms with Gasteiger partial charge in [-0.25, -0.2) is 0 Å². The summed E-state index contributed by atoms with van der Waals surface area (Å²) in [5.41, 5.74) is 2.65. The highest BCUT2D eigenvalue weighted by Crippen LogP contribution is 2.22. The Morgan fingerprint density at radius 2 is 1.81 bits per heavy atom. The first-order valence-electron chi connectivity index (χ1n) is 8.22. The molecule has 0 bridgehead atoms. The Morgan fingerprint density at radius 3 is 2.29 bits per heavy atom. The second-order valence-electron chi connectivity index (χ2n) is 5.79. The standard InChI is InChI=1S/C18H32N2O/c1-6-12-19-18(7-2)16-8-10-17(11-9-16)20(15(3)4)13-14-21-5/h8-11,15,18-19H,6-7,12-14H2,1-5H3. The summed E-state index contributed by atoms with van der Waals surface area (Å²) in [6.45, 7) is 11.7.